The number of aromatic nitrogens is 1. The number of nitrogens with zero attached hydrogens (tertiary/aromatic N) is 1. The van der Waals surface area contributed by atoms with Gasteiger partial charge >= 0.3 is 0 Å². The number of aryl methyl sites for hydroxylation is 2. The van der Waals surface area contributed by atoms with E-state index in [1.807, 2.05) is 34.6 Å². The first kappa shape index (κ1) is 15.1. The van der Waals surface area contributed by atoms with E-state index < -0.39 is 0 Å². The van der Waals surface area contributed by atoms with Gasteiger partial charge in [0.1, 0.15) is 0 Å². The normalized spacial score (nSPS) is 13.4. The number of nitrogens with one attached hydrogen (secondary N) is 2. The lowest BCUT2D eigenvalue weighted by atomic mass is 10.1. The molecule has 102 valence electrons. The number of thiazole rings is 1. The Morgan fingerprint density at radius 2 is 2.00 bits per heavy atom. The Hall–Kier alpha value is -0.940. The van der Waals surface area contributed by atoms with E-state index in [2.05, 4.69) is 22.5 Å². The quantitative estimate of drug-likeness (QED) is 0.882. The van der Waals surface area contributed by atoms with Gasteiger partial charge in [0, 0.05) is 16.5 Å². The van der Waals surface area contributed by atoms with Gasteiger partial charge in [0.15, 0.2) is 0 Å². The SMILES string of the molecule is Cc1nc(C)c(C(C)NCC(=O)NC(C)(C)C)s1. The van der Waals surface area contributed by atoms with E-state index in [9.17, 15) is 4.79 Å². The van der Waals surface area contributed by atoms with Crippen LogP contribution in [0.25, 0.3) is 0 Å². The first-order valence-electron chi connectivity index (χ1n) is 6.17. The Morgan fingerprint density at radius 1 is 1.39 bits per heavy atom. The highest BCUT2D eigenvalue weighted by molar-refractivity contribution is 7.11. The first-order valence-corrected chi connectivity index (χ1v) is 6.99. The van der Waals surface area contributed by atoms with Crippen LogP contribution in [0.1, 0.15) is 49.3 Å². The first-order chi connectivity index (χ1) is 8.19. The van der Waals surface area contributed by atoms with Gasteiger partial charge in [0.05, 0.1) is 17.2 Å². The molecule has 1 rings (SSSR count). The fourth-order valence-electron chi connectivity index (χ4n) is 1.75. The van der Waals surface area contributed by atoms with E-state index in [0.717, 1.165) is 10.7 Å². The summed E-state index contributed by atoms with van der Waals surface area (Å²) in [5, 5.41) is 7.23. The molecule has 0 saturated carbocycles. The van der Waals surface area contributed by atoms with Crippen LogP contribution in [0.4, 0.5) is 0 Å². The number of amides is 1. The molecule has 0 bridgehead atoms. The van der Waals surface area contributed by atoms with Crippen molar-refractivity contribution < 1.29 is 4.79 Å². The molecule has 18 heavy (non-hydrogen) atoms. The summed E-state index contributed by atoms with van der Waals surface area (Å²) in [6.45, 7) is 12.3. The van der Waals surface area contributed by atoms with Gasteiger partial charge < -0.3 is 10.6 Å². The molecule has 1 aromatic heterocycles. The van der Waals surface area contributed by atoms with Crippen LogP contribution in [0.5, 0.6) is 0 Å². The lowest BCUT2D eigenvalue weighted by molar-refractivity contribution is -0.121. The Labute approximate surface area is 113 Å². The largest absolute Gasteiger partial charge is 0.350 e. The van der Waals surface area contributed by atoms with Crippen molar-refractivity contribution in [2.45, 2.75) is 53.1 Å². The molecular formula is C13H23N3OS. The summed E-state index contributed by atoms with van der Waals surface area (Å²) in [5.41, 5.74) is 0.868. The number of carbonyl (C=O) groups is 1. The summed E-state index contributed by atoms with van der Waals surface area (Å²) in [5.74, 6) is 0.0215. The molecule has 0 spiro atoms. The van der Waals surface area contributed by atoms with Crippen LogP contribution in [0, 0.1) is 13.8 Å². The molecule has 1 amide bonds. The summed E-state index contributed by atoms with van der Waals surface area (Å²) in [6, 6.07) is 0.155. The Kier molecular flexibility index (Phi) is 4.87. The smallest absolute Gasteiger partial charge is 0.234 e. The molecule has 4 nitrogen and oxygen atoms in total. The zero-order valence-corrected chi connectivity index (χ0v) is 12.9. The van der Waals surface area contributed by atoms with Crippen LogP contribution in [-0.2, 0) is 4.79 Å². The Morgan fingerprint density at radius 3 is 2.44 bits per heavy atom. The molecule has 1 atom stereocenters. The van der Waals surface area contributed by atoms with Crippen molar-refractivity contribution in [3.63, 3.8) is 0 Å². The van der Waals surface area contributed by atoms with Gasteiger partial charge in [-0.15, -0.1) is 11.3 Å². The summed E-state index contributed by atoms with van der Waals surface area (Å²) >= 11 is 1.68. The molecular weight excluding hydrogens is 246 g/mol. The third-order valence-corrected chi connectivity index (χ3v) is 3.67. The molecule has 0 radical (unpaired) electrons. The molecule has 1 unspecified atom stereocenters. The predicted molar refractivity (Wildman–Crippen MR) is 75.9 cm³/mol. The maximum atomic E-state index is 11.7. The highest BCUT2D eigenvalue weighted by atomic mass is 32.1. The average molecular weight is 269 g/mol. The molecule has 0 aliphatic rings. The van der Waals surface area contributed by atoms with Crippen molar-refractivity contribution >= 4 is 17.2 Å². The zero-order valence-electron chi connectivity index (χ0n) is 12.0. The summed E-state index contributed by atoms with van der Waals surface area (Å²) in [4.78, 5) is 17.3. The number of rotatable bonds is 4. The van der Waals surface area contributed by atoms with Crippen LogP contribution in [0.3, 0.4) is 0 Å². The topological polar surface area (TPSA) is 54.0 Å². The number of hydrogen-bond acceptors (Lipinski definition) is 4. The molecule has 0 aromatic carbocycles. The van der Waals surface area contributed by atoms with E-state index in [4.69, 9.17) is 0 Å². The maximum absolute atomic E-state index is 11.7. The molecule has 0 aliphatic carbocycles. The van der Waals surface area contributed by atoms with E-state index >= 15 is 0 Å². The summed E-state index contributed by atoms with van der Waals surface area (Å²) in [6.07, 6.45) is 0. The van der Waals surface area contributed by atoms with E-state index in [-0.39, 0.29) is 17.5 Å². The van der Waals surface area contributed by atoms with Crippen molar-refractivity contribution in [1.29, 1.82) is 0 Å². The van der Waals surface area contributed by atoms with Crippen molar-refractivity contribution in [2.24, 2.45) is 0 Å². The van der Waals surface area contributed by atoms with Gasteiger partial charge in [-0.2, -0.15) is 0 Å². The summed E-state index contributed by atoms with van der Waals surface area (Å²) < 4.78 is 0. The van der Waals surface area contributed by atoms with E-state index in [1.54, 1.807) is 11.3 Å². The van der Waals surface area contributed by atoms with Crippen molar-refractivity contribution in [3.8, 4) is 0 Å². The molecule has 5 heteroatoms. The molecule has 0 saturated heterocycles. The van der Waals surface area contributed by atoms with Gasteiger partial charge in [-0.25, -0.2) is 4.98 Å². The predicted octanol–water partition coefficient (Wildman–Crippen LogP) is 2.33. The minimum absolute atomic E-state index is 0.0215. The number of carbonyl (C=O) groups excluding carboxylic acids is 1. The highest BCUT2D eigenvalue weighted by Crippen LogP contribution is 2.24. The minimum atomic E-state index is -0.182. The third-order valence-electron chi connectivity index (χ3n) is 2.42. The fraction of sp³-hybridized carbons (Fsp3) is 0.692. The fourth-order valence-corrected chi connectivity index (χ4v) is 2.70. The summed E-state index contributed by atoms with van der Waals surface area (Å²) in [7, 11) is 0. The number of hydrogen-bond donors (Lipinski definition) is 2. The van der Waals surface area contributed by atoms with E-state index in [1.165, 1.54) is 4.88 Å². The molecule has 2 N–H and O–H groups in total. The molecule has 1 heterocycles. The standard InChI is InChI=1S/C13H23N3OS/c1-8(12-9(2)15-10(3)18-12)14-7-11(17)16-13(4,5)6/h8,14H,7H2,1-6H3,(H,16,17). The lowest BCUT2D eigenvalue weighted by Crippen LogP contribution is -2.45. The highest BCUT2D eigenvalue weighted by Gasteiger charge is 2.16. The molecule has 0 fully saturated rings. The minimum Gasteiger partial charge on any atom is -0.350 e. The third kappa shape index (κ3) is 4.74. The monoisotopic (exact) mass is 269 g/mol. The second-order valence-electron chi connectivity index (χ2n) is 5.58. The van der Waals surface area contributed by atoms with Crippen molar-refractivity contribution in [2.75, 3.05) is 6.54 Å². The van der Waals surface area contributed by atoms with Crippen LogP contribution in [0.2, 0.25) is 0 Å². The van der Waals surface area contributed by atoms with E-state index in [0.29, 0.717) is 6.54 Å². The van der Waals surface area contributed by atoms with Crippen molar-refractivity contribution in [3.05, 3.63) is 15.6 Å². The van der Waals surface area contributed by atoms with Crippen LogP contribution in [0.15, 0.2) is 0 Å². The average Bonchev–Trinajstić information content (AvgIpc) is 2.52. The van der Waals surface area contributed by atoms with Crippen LogP contribution >= 0.6 is 11.3 Å². The zero-order chi connectivity index (χ0) is 13.9. The Balaban J connectivity index is 2.49. The molecule has 1 aromatic rings. The van der Waals surface area contributed by atoms with Gasteiger partial charge in [-0.05, 0) is 41.5 Å². The van der Waals surface area contributed by atoms with Crippen molar-refractivity contribution in [1.82, 2.24) is 15.6 Å². The van der Waals surface area contributed by atoms with Gasteiger partial charge in [0.25, 0.3) is 0 Å². The van der Waals surface area contributed by atoms with Gasteiger partial charge in [-0.3, -0.25) is 4.79 Å². The second kappa shape index (κ2) is 5.80. The lowest BCUT2D eigenvalue weighted by Gasteiger charge is -2.21. The van der Waals surface area contributed by atoms with Gasteiger partial charge in [-0.1, -0.05) is 0 Å². The maximum Gasteiger partial charge on any atom is 0.234 e. The van der Waals surface area contributed by atoms with Crippen LogP contribution < -0.4 is 10.6 Å². The molecule has 0 aliphatic heterocycles. The Bertz CT molecular complexity index is 420. The second-order valence-corrected chi connectivity index (χ2v) is 6.82. The van der Waals surface area contributed by atoms with Crippen LogP contribution in [-0.4, -0.2) is 23.0 Å². The van der Waals surface area contributed by atoms with Gasteiger partial charge in [0.2, 0.25) is 5.91 Å².